The Hall–Kier alpha value is -1.36. The molecule has 1 unspecified atom stereocenters. The summed E-state index contributed by atoms with van der Waals surface area (Å²) in [5.41, 5.74) is 3.24. The third kappa shape index (κ3) is 2.35. The minimum Gasteiger partial charge on any atom is -0.378 e. The molecular weight excluding hydrogens is 274 g/mol. The number of nitrogens with one attached hydrogen (secondary N) is 1. The van der Waals surface area contributed by atoms with Crippen LogP contribution >= 0.6 is 11.6 Å². The monoisotopic (exact) mass is 291 g/mol. The predicted molar refractivity (Wildman–Crippen MR) is 80.1 cm³/mol. The van der Waals surface area contributed by atoms with Crippen molar-refractivity contribution in [2.45, 2.75) is 19.1 Å². The molecule has 0 radical (unpaired) electrons. The summed E-state index contributed by atoms with van der Waals surface area (Å²) in [7, 11) is 1.75. The molecule has 106 valence electrons. The van der Waals surface area contributed by atoms with E-state index in [1.165, 1.54) is 0 Å². The maximum absolute atomic E-state index is 6.23. The Balaban J connectivity index is 1.99. The molecular formula is C15H18ClN3O. The van der Waals surface area contributed by atoms with Gasteiger partial charge in [0.05, 0.1) is 30.4 Å². The van der Waals surface area contributed by atoms with Crippen LogP contribution in [0.25, 0.3) is 11.3 Å². The van der Waals surface area contributed by atoms with Crippen LogP contribution in [0.2, 0.25) is 5.02 Å². The molecule has 1 aromatic heterocycles. The fourth-order valence-electron chi connectivity index (χ4n) is 2.70. The van der Waals surface area contributed by atoms with Gasteiger partial charge in [-0.05, 0) is 18.6 Å². The van der Waals surface area contributed by atoms with Crippen molar-refractivity contribution in [3.63, 3.8) is 0 Å². The summed E-state index contributed by atoms with van der Waals surface area (Å²) in [4.78, 5) is 4.30. The third-order valence-corrected chi connectivity index (χ3v) is 4.33. The van der Waals surface area contributed by atoms with Crippen LogP contribution in [0.4, 0.5) is 0 Å². The van der Waals surface area contributed by atoms with E-state index >= 15 is 0 Å². The highest BCUT2D eigenvalue weighted by Crippen LogP contribution is 2.29. The Bertz CT molecular complexity index is 611. The first kappa shape index (κ1) is 13.6. The predicted octanol–water partition coefficient (Wildman–Crippen LogP) is 2.67. The van der Waals surface area contributed by atoms with Crippen molar-refractivity contribution < 1.29 is 4.74 Å². The van der Waals surface area contributed by atoms with Gasteiger partial charge < -0.3 is 14.6 Å². The molecule has 2 atom stereocenters. The number of aromatic nitrogens is 2. The molecule has 4 nitrogen and oxygen atoms in total. The first-order valence-electron chi connectivity index (χ1n) is 6.72. The highest BCUT2D eigenvalue weighted by atomic mass is 35.5. The van der Waals surface area contributed by atoms with Gasteiger partial charge in [-0.2, -0.15) is 0 Å². The SMILES string of the molecule is CO[C@H]1CNCC1n1cncc1-c1ccc(C)c(Cl)c1. The van der Waals surface area contributed by atoms with Gasteiger partial charge in [0.15, 0.2) is 0 Å². The Morgan fingerprint density at radius 1 is 1.40 bits per heavy atom. The van der Waals surface area contributed by atoms with E-state index < -0.39 is 0 Å². The molecule has 5 heteroatoms. The average molecular weight is 292 g/mol. The van der Waals surface area contributed by atoms with E-state index in [-0.39, 0.29) is 12.1 Å². The summed E-state index contributed by atoms with van der Waals surface area (Å²) in [6.45, 7) is 3.76. The van der Waals surface area contributed by atoms with Gasteiger partial charge in [-0.1, -0.05) is 23.7 Å². The zero-order valence-electron chi connectivity index (χ0n) is 11.6. The lowest BCUT2D eigenvalue weighted by Crippen LogP contribution is -2.24. The first-order valence-corrected chi connectivity index (χ1v) is 7.10. The zero-order valence-corrected chi connectivity index (χ0v) is 12.4. The quantitative estimate of drug-likeness (QED) is 0.945. The van der Waals surface area contributed by atoms with Gasteiger partial charge in [0.25, 0.3) is 0 Å². The second-order valence-corrected chi connectivity index (χ2v) is 5.56. The number of benzene rings is 1. The standard InChI is InChI=1S/C15H18ClN3O/c1-10-3-4-11(5-12(10)16)13-6-18-9-19(13)14-7-17-8-15(14)20-2/h3-6,9,14-15,17H,7-8H2,1-2H3/t14?,15-/m0/s1. The fraction of sp³-hybridized carbons (Fsp3) is 0.400. The van der Waals surface area contributed by atoms with E-state index in [9.17, 15) is 0 Å². The number of methoxy groups -OCH3 is 1. The Labute approximate surface area is 123 Å². The second-order valence-electron chi connectivity index (χ2n) is 5.15. The third-order valence-electron chi connectivity index (χ3n) is 3.92. The summed E-state index contributed by atoms with van der Waals surface area (Å²) >= 11 is 6.23. The van der Waals surface area contributed by atoms with E-state index in [0.717, 1.165) is 34.9 Å². The van der Waals surface area contributed by atoms with Crippen molar-refractivity contribution in [1.82, 2.24) is 14.9 Å². The molecule has 1 saturated heterocycles. The molecule has 2 heterocycles. The number of aryl methyl sites for hydroxylation is 1. The summed E-state index contributed by atoms with van der Waals surface area (Å²) in [6, 6.07) is 6.38. The van der Waals surface area contributed by atoms with E-state index in [2.05, 4.69) is 20.9 Å². The van der Waals surface area contributed by atoms with Crippen molar-refractivity contribution >= 4 is 11.6 Å². The fourth-order valence-corrected chi connectivity index (χ4v) is 2.88. The summed E-state index contributed by atoms with van der Waals surface area (Å²) in [6.07, 6.45) is 3.92. The van der Waals surface area contributed by atoms with E-state index in [1.807, 2.05) is 31.6 Å². The highest BCUT2D eigenvalue weighted by molar-refractivity contribution is 6.31. The van der Waals surface area contributed by atoms with Gasteiger partial charge in [0.2, 0.25) is 0 Å². The summed E-state index contributed by atoms with van der Waals surface area (Å²) < 4.78 is 7.72. The van der Waals surface area contributed by atoms with Crippen molar-refractivity contribution in [2.24, 2.45) is 0 Å². The van der Waals surface area contributed by atoms with Gasteiger partial charge in [-0.3, -0.25) is 0 Å². The maximum Gasteiger partial charge on any atom is 0.0954 e. The number of imidazole rings is 1. The second kappa shape index (κ2) is 5.56. The zero-order chi connectivity index (χ0) is 14.1. The topological polar surface area (TPSA) is 39.1 Å². The maximum atomic E-state index is 6.23. The Kier molecular flexibility index (Phi) is 3.78. The van der Waals surface area contributed by atoms with E-state index in [0.29, 0.717) is 0 Å². The van der Waals surface area contributed by atoms with Gasteiger partial charge >= 0.3 is 0 Å². The lowest BCUT2D eigenvalue weighted by atomic mass is 10.1. The molecule has 1 aromatic carbocycles. The molecule has 1 aliphatic heterocycles. The first-order chi connectivity index (χ1) is 9.70. The summed E-state index contributed by atoms with van der Waals surface area (Å²) in [5, 5.41) is 4.14. The van der Waals surface area contributed by atoms with Crippen molar-refractivity contribution in [3.05, 3.63) is 41.3 Å². The lowest BCUT2D eigenvalue weighted by molar-refractivity contribution is 0.0870. The molecule has 20 heavy (non-hydrogen) atoms. The average Bonchev–Trinajstić information content (AvgIpc) is 3.08. The van der Waals surface area contributed by atoms with Crippen LogP contribution in [0.3, 0.4) is 0 Å². The van der Waals surface area contributed by atoms with E-state index in [4.69, 9.17) is 16.3 Å². The number of halogens is 1. The summed E-state index contributed by atoms with van der Waals surface area (Å²) in [5.74, 6) is 0. The number of nitrogens with zero attached hydrogens (tertiary/aromatic N) is 2. The van der Waals surface area contributed by atoms with Gasteiger partial charge in [-0.25, -0.2) is 4.98 Å². The normalized spacial score (nSPS) is 22.4. The minimum absolute atomic E-state index is 0.170. The highest BCUT2D eigenvalue weighted by Gasteiger charge is 2.29. The van der Waals surface area contributed by atoms with Gasteiger partial charge in [0.1, 0.15) is 0 Å². The molecule has 0 aliphatic carbocycles. The molecule has 0 bridgehead atoms. The Morgan fingerprint density at radius 2 is 2.25 bits per heavy atom. The molecule has 2 aromatic rings. The largest absolute Gasteiger partial charge is 0.378 e. The van der Waals surface area contributed by atoms with Crippen LogP contribution in [0.1, 0.15) is 11.6 Å². The van der Waals surface area contributed by atoms with Crippen LogP contribution in [0.15, 0.2) is 30.7 Å². The molecule has 1 aliphatic rings. The minimum atomic E-state index is 0.170. The number of hydrogen-bond acceptors (Lipinski definition) is 3. The molecule has 3 rings (SSSR count). The van der Waals surface area contributed by atoms with Crippen molar-refractivity contribution in [1.29, 1.82) is 0 Å². The number of hydrogen-bond donors (Lipinski definition) is 1. The molecule has 0 spiro atoms. The molecule has 1 fully saturated rings. The molecule has 0 amide bonds. The molecule has 0 saturated carbocycles. The lowest BCUT2D eigenvalue weighted by Gasteiger charge is -2.21. The van der Waals surface area contributed by atoms with Crippen LogP contribution < -0.4 is 5.32 Å². The van der Waals surface area contributed by atoms with Crippen LogP contribution in [-0.4, -0.2) is 35.9 Å². The smallest absolute Gasteiger partial charge is 0.0954 e. The number of rotatable bonds is 3. The van der Waals surface area contributed by atoms with Crippen molar-refractivity contribution in [3.8, 4) is 11.3 Å². The molecule has 1 N–H and O–H groups in total. The van der Waals surface area contributed by atoms with Crippen LogP contribution in [0.5, 0.6) is 0 Å². The Morgan fingerprint density at radius 3 is 3.00 bits per heavy atom. The van der Waals surface area contributed by atoms with E-state index in [1.54, 1.807) is 7.11 Å². The van der Waals surface area contributed by atoms with Crippen LogP contribution in [-0.2, 0) is 4.74 Å². The van der Waals surface area contributed by atoms with Crippen LogP contribution in [0, 0.1) is 6.92 Å². The van der Waals surface area contributed by atoms with Gasteiger partial charge in [0, 0.05) is 30.8 Å². The van der Waals surface area contributed by atoms with Gasteiger partial charge in [-0.15, -0.1) is 0 Å². The van der Waals surface area contributed by atoms with Crippen molar-refractivity contribution in [2.75, 3.05) is 20.2 Å². The number of ether oxygens (including phenoxy) is 1.